The van der Waals surface area contributed by atoms with Crippen molar-refractivity contribution < 1.29 is 0 Å². The molecule has 0 bridgehead atoms. The van der Waals surface area contributed by atoms with Crippen LogP contribution in [0.15, 0.2) is 11.1 Å². The predicted molar refractivity (Wildman–Crippen MR) is 55.6 cm³/mol. The van der Waals surface area contributed by atoms with Gasteiger partial charge >= 0.3 is 0 Å². The van der Waals surface area contributed by atoms with E-state index in [1.54, 1.807) is 0 Å². The highest BCUT2D eigenvalue weighted by atomic mass is 14.4. The molecule has 3 aliphatic carbocycles. The molecule has 0 heterocycles. The first kappa shape index (κ1) is 8.08. The van der Waals surface area contributed by atoms with Gasteiger partial charge in [-0.05, 0) is 63.2 Å². The Morgan fingerprint density at radius 1 is 0.615 bits per heavy atom. The standard InChI is InChI=1S/C13H20/c1-2-6-12-10(4-1)8-9-11-5-3-7-13(11)12/h10-11H,1-9H2. The van der Waals surface area contributed by atoms with Crippen LogP contribution < -0.4 is 0 Å². The summed E-state index contributed by atoms with van der Waals surface area (Å²) in [4.78, 5) is 0. The number of allylic oxidation sites excluding steroid dienone is 2. The zero-order valence-electron chi connectivity index (χ0n) is 8.52. The van der Waals surface area contributed by atoms with Gasteiger partial charge in [-0.3, -0.25) is 0 Å². The normalized spacial score (nSPS) is 38.8. The van der Waals surface area contributed by atoms with Crippen molar-refractivity contribution in [2.45, 2.75) is 57.8 Å². The van der Waals surface area contributed by atoms with Gasteiger partial charge in [0.2, 0.25) is 0 Å². The summed E-state index contributed by atoms with van der Waals surface area (Å²) in [6.07, 6.45) is 13.5. The van der Waals surface area contributed by atoms with Gasteiger partial charge in [0.15, 0.2) is 0 Å². The van der Waals surface area contributed by atoms with Gasteiger partial charge in [-0.25, -0.2) is 0 Å². The van der Waals surface area contributed by atoms with Crippen LogP contribution in [0.5, 0.6) is 0 Å². The van der Waals surface area contributed by atoms with Crippen molar-refractivity contribution in [1.82, 2.24) is 0 Å². The maximum absolute atomic E-state index is 1.94. The molecule has 0 heteroatoms. The van der Waals surface area contributed by atoms with Crippen LogP contribution in [0.25, 0.3) is 0 Å². The molecule has 13 heavy (non-hydrogen) atoms. The Morgan fingerprint density at radius 3 is 2.00 bits per heavy atom. The number of fused-ring (bicyclic) bond motifs is 2. The second kappa shape index (κ2) is 3.15. The van der Waals surface area contributed by atoms with Crippen LogP contribution in [0.3, 0.4) is 0 Å². The van der Waals surface area contributed by atoms with E-state index in [1.165, 1.54) is 57.8 Å². The van der Waals surface area contributed by atoms with Crippen LogP contribution in [0, 0.1) is 11.8 Å². The highest BCUT2D eigenvalue weighted by Crippen LogP contribution is 2.48. The van der Waals surface area contributed by atoms with E-state index >= 15 is 0 Å². The van der Waals surface area contributed by atoms with Gasteiger partial charge in [0.05, 0.1) is 0 Å². The topological polar surface area (TPSA) is 0 Å². The third-order valence-electron chi connectivity index (χ3n) is 4.51. The molecule has 0 spiro atoms. The van der Waals surface area contributed by atoms with Crippen LogP contribution in [0.1, 0.15) is 57.8 Å². The second-order valence-electron chi connectivity index (χ2n) is 5.16. The molecule has 0 aromatic rings. The summed E-state index contributed by atoms with van der Waals surface area (Å²) < 4.78 is 0. The summed E-state index contributed by atoms with van der Waals surface area (Å²) in [7, 11) is 0. The van der Waals surface area contributed by atoms with Gasteiger partial charge in [-0.15, -0.1) is 0 Å². The molecule has 0 nitrogen and oxygen atoms in total. The van der Waals surface area contributed by atoms with Crippen LogP contribution in [-0.2, 0) is 0 Å². The van der Waals surface area contributed by atoms with E-state index in [9.17, 15) is 0 Å². The monoisotopic (exact) mass is 176 g/mol. The van der Waals surface area contributed by atoms with Gasteiger partial charge in [0, 0.05) is 0 Å². The molecule has 0 aromatic heterocycles. The maximum atomic E-state index is 1.94. The zero-order valence-corrected chi connectivity index (χ0v) is 8.52. The lowest BCUT2D eigenvalue weighted by molar-refractivity contribution is 0.356. The van der Waals surface area contributed by atoms with E-state index in [4.69, 9.17) is 0 Å². The lowest BCUT2D eigenvalue weighted by Gasteiger charge is -2.34. The summed E-state index contributed by atoms with van der Waals surface area (Å²) in [5, 5.41) is 0. The second-order valence-corrected chi connectivity index (χ2v) is 5.16. The molecule has 3 rings (SSSR count). The first-order chi connectivity index (χ1) is 6.45. The fourth-order valence-corrected chi connectivity index (χ4v) is 3.89. The summed E-state index contributed by atoms with van der Waals surface area (Å²) in [6.45, 7) is 0. The van der Waals surface area contributed by atoms with E-state index < -0.39 is 0 Å². The Hall–Kier alpha value is -0.260. The quantitative estimate of drug-likeness (QED) is 0.488. The third-order valence-corrected chi connectivity index (χ3v) is 4.51. The van der Waals surface area contributed by atoms with Crippen molar-refractivity contribution in [2.24, 2.45) is 11.8 Å². The largest absolute Gasteiger partial charge is 0.0676 e. The van der Waals surface area contributed by atoms with Gasteiger partial charge in [0.1, 0.15) is 0 Å². The van der Waals surface area contributed by atoms with Gasteiger partial charge in [-0.1, -0.05) is 17.6 Å². The first-order valence-corrected chi connectivity index (χ1v) is 6.17. The lowest BCUT2D eigenvalue weighted by Crippen LogP contribution is -2.19. The fraction of sp³-hybridized carbons (Fsp3) is 0.846. The van der Waals surface area contributed by atoms with Crippen LogP contribution >= 0.6 is 0 Å². The molecule has 0 radical (unpaired) electrons. The van der Waals surface area contributed by atoms with Crippen molar-refractivity contribution in [3.63, 3.8) is 0 Å². The predicted octanol–water partition coefficient (Wildman–Crippen LogP) is 4.07. The lowest BCUT2D eigenvalue weighted by atomic mass is 9.71. The summed E-state index contributed by atoms with van der Waals surface area (Å²) in [6, 6.07) is 0. The van der Waals surface area contributed by atoms with Crippen LogP contribution in [-0.4, -0.2) is 0 Å². The van der Waals surface area contributed by atoms with E-state index in [0.29, 0.717) is 0 Å². The van der Waals surface area contributed by atoms with Crippen molar-refractivity contribution in [3.8, 4) is 0 Å². The Bertz CT molecular complexity index is 236. The van der Waals surface area contributed by atoms with Crippen molar-refractivity contribution in [2.75, 3.05) is 0 Å². The van der Waals surface area contributed by atoms with Gasteiger partial charge < -0.3 is 0 Å². The molecule has 2 atom stereocenters. The van der Waals surface area contributed by atoms with Crippen LogP contribution in [0.4, 0.5) is 0 Å². The molecule has 3 aliphatic rings. The number of hydrogen-bond donors (Lipinski definition) is 0. The average molecular weight is 176 g/mol. The molecule has 0 amide bonds. The van der Waals surface area contributed by atoms with Crippen molar-refractivity contribution in [3.05, 3.63) is 11.1 Å². The molecule has 0 N–H and O–H groups in total. The van der Waals surface area contributed by atoms with E-state index in [-0.39, 0.29) is 0 Å². The molecule has 0 aliphatic heterocycles. The zero-order chi connectivity index (χ0) is 8.67. The number of hydrogen-bond acceptors (Lipinski definition) is 0. The van der Waals surface area contributed by atoms with Gasteiger partial charge in [0.25, 0.3) is 0 Å². The minimum absolute atomic E-state index is 1.04. The van der Waals surface area contributed by atoms with Crippen molar-refractivity contribution in [1.29, 1.82) is 0 Å². The van der Waals surface area contributed by atoms with Crippen LogP contribution in [0.2, 0.25) is 0 Å². The molecule has 2 fully saturated rings. The Kier molecular flexibility index (Phi) is 1.96. The SMILES string of the molecule is C1CCC2CCC3CCCC3=C2C1. The Balaban J connectivity index is 1.94. The minimum atomic E-state index is 1.04. The maximum Gasteiger partial charge on any atom is -0.0200 e. The minimum Gasteiger partial charge on any atom is -0.0676 e. The van der Waals surface area contributed by atoms with Gasteiger partial charge in [-0.2, -0.15) is 0 Å². The molecule has 2 saturated carbocycles. The highest BCUT2D eigenvalue weighted by molar-refractivity contribution is 5.26. The molecule has 2 unspecified atom stereocenters. The molecule has 0 saturated heterocycles. The summed E-state index contributed by atoms with van der Waals surface area (Å²) in [5.74, 6) is 2.09. The average Bonchev–Trinajstić information content (AvgIpc) is 2.65. The Labute approximate surface area is 81.4 Å². The number of rotatable bonds is 0. The van der Waals surface area contributed by atoms with E-state index in [1.807, 2.05) is 11.1 Å². The Morgan fingerprint density at radius 2 is 1.23 bits per heavy atom. The third kappa shape index (κ3) is 1.26. The van der Waals surface area contributed by atoms with Crippen molar-refractivity contribution >= 4 is 0 Å². The van der Waals surface area contributed by atoms with E-state index in [0.717, 1.165) is 11.8 Å². The molecular formula is C13H20. The fourth-order valence-electron chi connectivity index (χ4n) is 3.89. The smallest absolute Gasteiger partial charge is 0.0200 e. The molecule has 0 aromatic carbocycles. The summed E-state index contributed by atoms with van der Waals surface area (Å²) in [5.41, 5.74) is 3.89. The first-order valence-electron chi connectivity index (χ1n) is 6.17. The molecule has 72 valence electrons. The highest BCUT2D eigenvalue weighted by Gasteiger charge is 2.33. The molecular weight excluding hydrogens is 156 g/mol. The summed E-state index contributed by atoms with van der Waals surface area (Å²) >= 11 is 0. The van der Waals surface area contributed by atoms with E-state index in [2.05, 4.69) is 0 Å².